The molecule has 0 radical (unpaired) electrons. The molecule has 0 aromatic rings. The third-order valence-corrected chi connectivity index (χ3v) is 2.93. The first-order chi connectivity index (χ1) is 7.89. The van der Waals surface area contributed by atoms with Gasteiger partial charge in [-0.1, -0.05) is 0 Å². The van der Waals surface area contributed by atoms with E-state index < -0.39 is 11.7 Å². The first-order valence-electron chi connectivity index (χ1n) is 5.07. The van der Waals surface area contributed by atoms with Crippen molar-refractivity contribution in [3.05, 3.63) is 10.6 Å². The van der Waals surface area contributed by atoms with E-state index in [0.717, 1.165) is 0 Å². The van der Waals surface area contributed by atoms with E-state index in [-0.39, 0.29) is 5.57 Å². The van der Waals surface area contributed by atoms with Crippen molar-refractivity contribution in [2.45, 2.75) is 26.4 Å². The number of amides is 1. The Labute approximate surface area is 105 Å². The van der Waals surface area contributed by atoms with Crippen molar-refractivity contribution in [3.63, 3.8) is 0 Å². The second kappa shape index (κ2) is 5.11. The van der Waals surface area contributed by atoms with Crippen molar-refractivity contribution in [2.75, 3.05) is 12.3 Å². The Bertz CT molecular complexity index is 421. The number of ether oxygens (including phenoxy) is 1. The van der Waals surface area contributed by atoms with Gasteiger partial charge < -0.3 is 4.74 Å². The number of rotatable bonds is 0. The number of nitrogens with zero attached hydrogens (tertiary/aromatic N) is 3. The first kappa shape index (κ1) is 13.4. The van der Waals surface area contributed by atoms with Gasteiger partial charge in [-0.05, 0) is 20.8 Å². The van der Waals surface area contributed by atoms with Crippen LogP contribution < -0.4 is 0 Å². The van der Waals surface area contributed by atoms with Crippen molar-refractivity contribution in [3.8, 4) is 12.1 Å². The summed E-state index contributed by atoms with van der Waals surface area (Å²) in [4.78, 5) is 13.2. The molecule has 1 saturated heterocycles. The van der Waals surface area contributed by atoms with Gasteiger partial charge in [0.2, 0.25) is 0 Å². The van der Waals surface area contributed by atoms with Gasteiger partial charge in [0.25, 0.3) is 0 Å². The summed E-state index contributed by atoms with van der Waals surface area (Å²) in [6.07, 6.45) is -0.513. The molecular weight excluding hydrogens is 238 g/mol. The molecule has 0 atom stereocenters. The summed E-state index contributed by atoms with van der Waals surface area (Å²) in [5.41, 5.74) is -0.632. The van der Waals surface area contributed by atoms with Crippen LogP contribution in [-0.2, 0) is 4.74 Å². The van der Waals surface area contributed by atoms with Crippen molar-refractivity contribution >= 4 is 17.9 Å². The highest BCUT2D eigenvalue weighted by Crippen LogP contribution is 2.31. The molecule has 0 unspecified atom stereocenters. The van der Waals surface area contributed by atoms with Crippen LogP contribution in [0.25, 0.3) is 0 Å². The second-order valence-corrected chi connectivity index (χ2v) is 5.47. The van der Waals surface area contributed by atoms with Gasteiger partial charge in [0.15, 0.2) is 5.57 Å². The fourth-order valence-corrected chi connectivity index (χ4v) is 2.26. The van der Waals surface area contributed by atoms with Gasteiger partial charge >= 0.3 is 6.09 Å². The molecular formula is C11H13N3O2S. The lowest BCUT2D eigenvalue weighted by atomic mass is 10.2. The second-order valence-electron chi connectivity index (χ2n) is 4.38. The molecule has 5 nitrogen and oxygen atoms in total. The Morgan fingerprint density at radius 1 is 1.41 bits per heavy atom. The highest BCUT2D eigenvalue weighted by molar-refractivity contribution is 8.03. The molecule has 90 valence electrons. The normalized spacial score (nSPS) is 15.1. The van der Waals surface area contributed by atoms with Gasteiger partial charge in [0, 0.05) is 12.3 Å². The van der Waals surface area contributed by atoms with Crippen molar-refractivity contribution < 1.29 is 9.53 Å². The van der Waals surface area contributed by atoms with E-state index in [1.807, 2.05) is 0 Å². The molecule has 1 amide bonds. The topological polar surface area (TPSA) is 77.1 Å². The molecule has 0 saturated carbocycles. The van der Waals surface area contributed by atoms with Crippen molar-refractivity contribution in [2.24, 2.45) is 0 Å². The van der Waals surface area contributed by atoms with Crippen LogP contribution in [-0.4, -0.2) is 28.9 Å². The Morgan fingerprint density at radius 2 is 2.00 bits per heavy atom. The quantitative estimate of drug-likeness (QED) is 0.617. The lowest BCUT2D eigenvalue weighted by Gasteiger charge is -2.24. The van der Waals surface area contributed by atoms with Gasteiger partial charge in [-0.3, -0.25) is 4.90 Å². The molecule has 1 aliphatic heterocycles. The van der Waals surface area contributed by atoms with Crippen molar-refractivity contribution in [1.29, 1.82) is 10.5 Å². The Kier molecular flexibility index (Phi) is 4.03. The first-order valence-corrected chi connectivity index (χ1v) is 6.05. The van der Waals surface area contributed by atoms with Gasteiger partial charge in [-0.25, -0.2) is 4.79 Å². The third kappa shape index (κ3) is 3.40. The molecule has 1 aliphatic rings. The number of hydrogen-bond donors (Lipinski definition) is 0. The van der Waals surface area contributed by atoms with E-state index in [9.17, 15) is 4.79 Å². The summed E-state index contributed by atoms with van der Waals surface area (Å²) in [5.74, 6) is 0.668. The van der Waals surface area contributed by atoms with E-state index >= 15 is 0 Å². The number of hydrogen-bond acceptors (Lipinski definition) is 5. The Hall–Kier alpha value is -1.66. The lowest BCUT2D eigenvalue weighted by molar-refractivity contribution is 0.0344. The van der Waals surface area contributed by atoms with E-state index in [1.54, 1.807) is 32.9 Å². The largest absolute Gasteiger partial charge is 0.443 e. The maximum atomic E-state index is 11.8. The zero-order chi connectivity index (χ0) is 13.1. The number of carbonyl (C=O) groups is 1. The summed E-state index contributed by atoms with van der Waals surface area (Å²) < 4.78 is 5.21. The lowest BCUT2D eigenvalue weighted by Crippen LogP contribution is -2.34. The average Bonchev–Trinajstić information content (AvgIpc) is 2.66. The number of allylic oxidation sites excluding steroid dienone is 1. The molecule has 0 aromatic heterocycles. The number of nitriles is 2. The molecule has 1 rings (SSSR count). The van der Waals surface area contributed by atoms with E-state index in [0.29, 0.717) is 17.3 Å². The summed E-state index contributed by atoms with van der Waals surface area (Å²) in [6, 6.07) is 3.58. The summed E-state index contributed by atoms with van der Waals surface area (Å²) >= 11 is 1.32. The molecule has 1 heterocycles. The fraction of sp³-hybridized carbons (Fsp3) is 0.545. The van der Waals surface area contributed by atoms with Crippen LogP contribution in [0.3, 0.4) is 0 Å². The smallest absolute Gasteiger partial charge is 0.415 e. The summed E-state index contributed by atoms with van der Waals surface area (Å²) in [5, 5.41) is 18.0. The zero-order valence-corrected chi connectivity index (χ0v) is 10.8. The predicted octanol–water partition coefficient (Wildman–Crippen LogP) is 2.23. The van der Waals surface area contributed by atoms with Crippen LogP contribution in [0.15, 0.2) is 10.6 Å². The van der Waals surface area contributed by atoms with Gasteiger partial charge in [0.05, 0.1) is 0 Å². The highest BCUT2D eigenvalue weighted by atomic mass is 32.2. The van der Waals surface area contributed by atoms with Crippen LogP contribution in [0.5, 0.6) is 0 Å². The molecule has 0 N–H and O–H groups in total. The SMILES string of the molecule is CC(C)(C)OC(=O)N1CCSC1=C(C#N)C#N. The maximum absolute atomic E-state index is 11.8. The van der Waals surface area contributed by atoms with Crippen LogP contribution in [0, 0.1) is 22.7 Å². The average molecular weight is 251 g/mol. The molecule has 0 aromatic carbocycles. The molecule has 6 heteroatoms. The Morgan fingerprint density at radius 3 is 2.47 bits per heavy atom. The Balaban J connectivity index is 2.93. The van der Waals surface area contributed by atoms with E-state index in [1.165, 1.54) is 16.7 Å². The van der Waals surface area contributed by atoms with Gasteiger partial charge in [-0.15, -0.1) is 11.8 Å². The minimum Gasteiger partial charge on any atom is -0.443 e. The molecule has 0 spiro atoms. The summed E-state index contributed by atoms with van der Waals surface area (Å²) in [6.45, 7) is 5.77. The summed E-state index contributed by atoms with van der Waals surface area (Å²) in [7, 11) is 0. The molecule has 17 heavy (non-hydrogen) atoms. The van der Waals surface area contributed by atoms with Crippen LogP contribution in [0.4, 0.5) is 4.79 Å². The van der Waals surface area contributed by atoms with Gasteiger partial charge in [-0.2, -0.15) is 10.5 Å². The predicted molar refractivity (Wildman–Crippen MR) is 63.7 cm³/mol. The number of carbonyl (C=O) groups excluding carboxylic acids is 1. The fourth-order valence-electron chi connectivity index (χ4n) is 1.23. The third-order valence-electron chi connectivity index (χ3n) is 1.85. The molecule has 0 bridgehead atoms. The van der Waals surface area contributed by atoms with Gasteiger partial charge in [0.1, 0.15) is 22.8 Å². The van der Waals surface area contributed by atoms with Crippen molar-refractivity contribution in [1.82, 2.24) is 4.90 Å². The highest BCUT2D eigenvalue weighted by Gasteiger charge is 2.31. The molecule has 1 fully saturated rings. The minimum atomic E-state index is -0.588. The minimum absolute atomic E-state index is 0.0432. The standard InChI is InChI=1S/C11H13N3O2S/c1-11(2,3)16-10(15)14-4-5-17-9(14)8(6-12)7-13/h4-5H2,1-3H3. The zero-order valence-electron chi connectivity index (χ0n) is 9.98. The van der Waals surface area contributed by atoms with Crippen LogP contribution in [0.2, 0.25) is 0 Å². The monoisotopic (exact) mass is 251 g/mol. The van der Waals surface area contributed by atoms with E-state index in [4.69, 9.17) is 15.3 Å². The number of thioether (sulfide) groups is 1. The van der Waals surface area contributed by atoms with Crippen LogP contribution in [0.1, 0.15) is 20.8 Å². The van der Waals surface area contributed by atoms with E-state index in [2.05, 4.69) is 0 Å². The van der Waals surface area contributed by atoms with Crippen LogP contribution >= 0.6 is 11.8 Å². The maximum Gasteiger partial charge on any atom is 0.415 e. The molecule has 0 aliphatic carbocycles.